The summed E-state index contributed by atoms with van der Waals surface area (Å²) in [5.74, 6) is -0.607. The number of benzene rings is 2. The first kappa shape index (κ1) is 15.5. The lowest BCUT2D eigenvalue weighted by Crippen LogP contribution is -2.15. The number of furan rings is 1. The Balaban J connectivity index is 1.57. The van der Waals surface area contributed by atoms with Gasteiger partial charge in [-0.25, -0.2) is 0 Å². The van der Waals surface area contributed by atoms with Gasteiger partial charge in [0.05, 0.1) is 6.42 Å². The first-order valence-electron chi connectivity index (χ1n) is 7.04. The Kier molecular flexibility index (Phi) is 4.57. The van der Waals surface area contributed by atoms with Crippen molar-refractivity contribution in [2.45, 2.75) is 6.42 Å². The van der Waals surface area contributed by atoms with Crippen LogP contribution in [0.25, 0.3) is 11.0 Å². The summed E-state index contributed by atoms with van der Waals surface area (Å²) in [5, 5.41) is 0.844. The second kappa shape index (κ2) is 6.79. The molecular weight excluding hydrogens is 360 g/mol. The van der Waals surface area contributed by atoms with Gasteiger partial charge < -0.3 is 9.15 Å². The summed E-state index contributed by atoms with van der Waals surface area (Å²) >= 11 is 3.33. The molecule has 0 unspecified atom stereocenters. The topological polar surface area (TPSA) is 56.5 Å². The fraction of sp³-hybridized carbons (Fsp3) is 0.111. The van der Waals surface area contributed by atoms with Crippen LogP contribution >= 0.6 is 15.9 Å². The maximum absolute atomic E-state index is 12.0. The molecule has 0 saturated heterocycles. The molecule has 1 heterocycles. The zero-order chi connectivity index (χ0) is 16.2. The van der Waals surface area contributed by atoms with Gasteiger partial charge in [0.25, 0.3) is 0 Å². The Morgan fingerprint density at radius 1 is 1.04 bits per heavy atom. The van der Waals surface area contributed by atoms with E-state index in [4.69, 9.17) is 9.15 Å². The van der Waals surface area contributed by atoms with E-state index in [1.165, 1.54) is 0 Å². The average Bonchev–Trinajstić information content (AvgIpc) is 2.99. The number of Topliss-reactive ketones (excluding diaryl/α,β-unsaturated/α-hetero) is 1. The highest BCUT2D eigenvalue weighted by molar-refractivity contribution is 9.10. The molecule has 0 aliphatic carbocycles. The van der Waals surface area contributed by atoms with Crippen LogP contribution in [-0.2, 0) is 16.0 Å². The van der Waals surface area contributed by atoms with E-state index in [2.05, 4.69) is 15.9 Å². The Hall–Kier alpha value is -2.40. The fourth-order valence-corrected chi connectivity index (χ4v) is 2.42. The van der Waals surface area contributed by atoms with Crippen LogP contribution in [0.2, 0.25) is 0 Å². The first-order chi connectivity index (χ1) is 11.1. The average molecular weight is 373 g/mol. The molecule has 0 fully saturated rings. The molecule has 0 aliphatic heterocycles. The van der Waals surface area contributed by atoms with E-state index in [1.807, 2.05) is 42.5 Å². The summed E-state index contributed by atoms with van der Waals surface area (Å²) in [5.41, 5.74) is 1.46. The molecule has 2 aromatic carbocycles. The van der Waals surface area contributed by atoms with E-state index in [0.29, 0.717) is 5.58 Å². The third kappa shape index (κ3) is 3.87. The molecule has 0 bridgehead atoms. The highest BCUT2D eigenvalue weighted by Gasteiger charge is 2.15. The number of para-hydroxylation sites is 1. The molecule has 0 spiro atoms. The van der Waals surface area contributed by atoms with Crippen LogP contribution in [-0.4, -0.2) is 18.4 Å². The maximum atomic E-state index is 12.0. The largest absolute Gasteiger partial charge is 0.457 e. The highest BCUT2D eigenvalue weighted by Crippen LogP contribution is 2.19. The standard InChI is InChI=1S/C18H13BrO4/c19-14-7-5-12(6-8-14)9-18(21)22-11-15(20)17-10-13-3-1-2-4-16(13)23-17/h1-8,10H,9,11H2. The number of fused-ring (bicyclic) bond motifs is 1. The minimum Gasteiger partial charge on any atom is -0.457 e. The minimum atomic E-state index is -0.447. The Bertz CT molecular complexity index is 816. The van der Waals surface area contributed by atoms with Crippen LogP contribution < -0.4 is 0 Å². The maximum Gasteiger partial charge on any atom is 0.310 e. The molecule has 0 radical (unpaired) electrons. The third-order valence-corrected chi connectivity index (χ3v) is 3.85. The zero-order valence-electron chi connectivity index (χ0n) is 12.1. The van der Waals surface area contributed by atoms with Crippen molar-refractivity contribution in [2.75, 3.05) is 6.61 Å². The van der Waals surface area contributed by atoms with Gasteiger partial charge in [0.15, 0.2) is 12.4 Å². The van der Waals surface area contributed by atoms with Crippen molar-refractivity contribution in [2.24, 2.45) is 0 Å². The summed E-state index contributed by atoms with van der Waals surface area (Å²) in [6, 6.07) is 16.3. The van der Waals surface area contributed by atoms with Crippen molar-refractivity contribution in [3.05, 3.63) is 70.4 Å². The SMILES string of the molecule is O=C(Cc1ccc(Br)cc1)OCC(=O)c1cc2ccccc2o1. The Morgan fingerprint density at radius 2 is 1.78 bits per heavy atom. The van der Waals surface area contributed by atoms with Crippen LogP contribution in [0.15, 0.2) is 63.5 Å². The molecule has 23 heavy (non-hydrogen) atoms. The molecule has 3 aromatic rings. The molecule has 4 nitrogen and oxygen atoms in total. The number of ketones is 1. The minimum absolute atomic E-state index is 0.126. The summed E-state index contributed by atoms with van der Waals surface area (Å²) < 4.78 is 11.4. The Morgan fingerprint density at radius 3 is 2.52 bits per heavy atom. The van der Waals surface area contributed by atoms with Crippen LogP contribution in [0.3, 0.4) is 0 Å². The van der Waals surface area contributed by atoms with Crippen molar-refractivity contribution >= 4 is 38.7 Å². The van der Waals surface area contributed by atoms with Crippen molar-refractivity contribution in [1.29, 1.82) is 0 Å². The molecular formula is C18H13BrO4. The summed E-state index contributed by atoms with van der Waals surface area (Å²) in [4.78, 5) is 23.8. The number of rotatable bonds is 5. The normalized spacial score (nSPS) is 10.7. The van der Waals surface area contributed by atoms with E-state index in [1.54, 1.807) is 12.1 Å². The third-order valence-electron chi connectivity index (χ3n) is 3.33. The van der Waals surface area contributed by atoms with Crippen LogP contribution in [0.5, 0.6) is 0 Å². The number of hydrogen-bond donors (Lipinski definition) is 0. The van der Waals surface area contributed by atoms with Gasteiger partial charge in [-0.1, -0.05) is 46.3 Å². The fourth-order valence-electron chi connectivity index (χ4n) is 2.16. The molecule has 1 aromatic heterocycles. The second-order valence-electron chi connectivity index (χ2n) is 5.04. The van der Waals surface area contributed by atoms with Crippen LogP contribution in [0, 0.1) is 0 Å². The number of ether oxygens (including phenoxy) is 1. The number of carbonyl (C=O) groups excluding carboxylic acids is 2. The molecule has 0 N–H and O–H groups in total. The van der Waals surface area contributed by atoms with E-state index in [-0.39, 0.29) is 24.6 Å². The lowest BCUT2D eigenvalue weighted by atomic mass is 10.1. The molecule has 5 heteroatoms. The number of esters is 1. The predicted octanol–water partition coefficient (Wildman–Crippen LogP) is 4.16. The van der Waals surface area contributed by atoms with Gasteiger partial charge in [0.2, 0.25) is 5.78 Å². The molecule has 0 saturated carbocycles. The van der Waals surface area contributed by atoms with E-state index < -0.39 is 5.97 Å². The lowest BCUT2D eigenvalue weighted by Gasteiger charge is -2.03. The number of halogens is 1. The highest BCUT2D eigenvalue weighted by atomic mass is 79.9. The van der Waals surface area contributed by atoms with Crippen molar-refractivity contribution in [3.8, 4) is 0 Å². The molecule has 0 aliphatic rings. The van der Waals surface area contributed by atoms with Gasteiger partial charge >= 0.3 is 5.97 Å². The first-order valence-corrected chi connectivity index (χ1v) is 7.83. The monoisotopic (exact) mass is 372 g/mol. The smallest absolute Gasteiger partial charge is 0.310 e. The van der Waals surface area contributed by atoms with Crippen LogP contribution in [0.1, 0.15) is 16.1 Å². The van der Waals surface area contributed by atoms with Crippen molar-refractivity contribution < 1.29 is 18.7 Å². The number of carbonyl (C=O) groups is 2. The predicted molar refractivity (Wildman–Crippen MR) is 89.3 cm³/mol. The van der Waals surface area contributed by atoms with Gasteiger partial charge in [-0.3, -0.25) is 9.59 Å². The van der Waals surface area contributed by atoms with Crippen molar-refractivity contribution in [1.82, 2.24) is 0 Å². The van der Waals surface area contributed by atoms with Crippen LogP contribution in [0.4, 0.5) is 0 Å². The second-order valence-corrected chi connectivity index (χ2v) is 5.95. The summed E-state index contributed by atoms with van der Waals surface area (Å²) in [6.07, 6.45) is 0.126. The van der Waals surface area contributed by atoms with Gasteiger partial charge in [-0.05, 0) is 29.8 Å². The van der Waals surface area contributed by atoms with Gasteiger partial charge in [0, 0.05) is 9.86 Å². The lowest BCUT2D eigenvalue weighted by molar-refractivity contribution is -0.141. The quantitative estimate of drug-likeness (QED) is 0.498. The molecule has 116 valence electrons. The molecule has 3 rings (SSSR count). The molecule has 0 atom stereocenters. The number of hydrogen-bond acceptors (Lipinski definition) is 4. The van der Waals surface area contributed by atoms with E-state index >= 15 is 0 Å². The van der Waals surface area contributed by atoms with E-state index in [0.717, 1.165) is 15.4 Å². The van der Waals surface area contributed by atoms with Gasteiger partial charge in [-0.15, -0.1) is 0 Å². The molecule has 0 amide bonds. The summed E-state index contributed by atoms with van der Waals surface area (Å²) in [6.45, 7) is -0.324. The van der Waals surface area contributed by atoms with Crippen molar-refractivity contribution in [3.63, 3.8) is 0 Å². The summed E-state index contributed by atoms with van der Waals surface area (Å²) in [7, 11) is 0. The Labute approximate surface area is 141 Å². The van der Waals surface area contributed by atoms with E-state index in [9.17, 15) is 9.59 Å². The van der Waals surface area contributed by atoms with Gasteiger partial charge in [0.1, 0.15) is 5.58 Å². The van der Waals surface area contributed by atoms with Gasteiger partial charge in [-0.2, -0.15) is 0 Å². The zero-order valence-corrected chi connectivity index (χ0v) is 13.7.